The molecule has 1 aromatic heterocycles. The number of hydrogen-bond acceptors (Lipinski definition) is 7. The highest BCUT2D eigenvalue weighted by Crippen LogP contribution is 2.35. The van der Waals surface area contributed by atoms with E-state index in [4.69, 9.17) is 21.1 Å². The number of anilines is 2. The number of ether oxygens (including phenoxy) is 2. The molecular formula is C19H23ClN4O4. The molecule has 0 fully saturated rings. The molecule has 1 heterocycles. The Morgan fingerprint density at radius 2 is 1.96 bits per heavy atom. The number of carbonyl (C=O) groups excluding carboxylic acids is 2. The summed E-state index contributed by atoms with van der Waals surface area (Å²) in [6.45, 7) is 4.14. The number of aromatic nitrogens is 2. The number of rotatable bonds is 8. The molecule has 9 heteroatoms. The number of nitrogens with zero attached hydrogens (tertiary/aromatic N) is 2. The van der Waals surface area contributed by atoms with Gasteiger partial charge in [0.25, 0.3) is 5.91 Å². The molecule has 2 N–H and O–H groups in total. The maximum atomic E-state index is 12.6. The van der Waals surface area contributed by atoms with Crippen molar-refractivity contribution in [2.75, 3.05) is 26.1 Å². The highest BCUT2D eigenvalue weighted by molar-refractivity contribution is 6.29. The predicted octanol–water partition coefficient (Wildman–Crippen LogP) is 3.51. The van der Waals surface area contributed by atoms with Gasteiger partial charge < -0.3 is 20.1 Å². The van der Waals surface area contributed by atoms with E-state index in [2.05, 4.69) is 20.8 Å². The molecule has 0 aliphatic heterocycles. The standard InChI is InChI=1S/C19H23ClN4O4/c1-5-6-9-28-19(26)15-11(2)7-8-12(17(15)27-4)22-13-10-14(20)23-24-16(13)18(25)21-3/h7-8,10H,5-6,9H2,1-4H3,(H,21,25)(H,22,23). The number of esters is 1. The van der Waals surface area contributed by atoms with Gasteiger partial charge in [-0.1, -0.05) is 31.0 Å². The quantitative estimate of drug-likeness (QED) is 0.510. The lowest BCUT2D eigenvalue weighted by Crippen LogP contribution is -2.21. The number of carbonyl (C=O) groups is 2. The zero-order chi connectivity index (χ0) is 20.7. The van der Waals surface area contributed by atoms with Gasteiger partial charge >= 0.3 is 5.97 Å². The molecule has 0 aliphatic carbocycles. The third-order valence-corrected chi connectivity index (χ3v) is 4.17. The average molecular weight is 407 g/mol. The Hall–Kier alpha value is -2.87. The molecule has 1 amide bonds. The minimum Gasteiger partial charge on any atom is -0.494 e. The van der Waals surface area contributed by atoms with Gasteiger partial charge in [-0.25, -0.2) is 4.79 Å². The number of hydrogen-bond donors (Lipinski definition) is 2. The molecule has 0 saturated heterocycles. The largest absolute Gasteiger partial charge is 0.494 e. The second-order valence-electron chi connectivity index (χ2n) is 5.96. The van der Waals surface area contributed by atoms with Crippen LogP contribution in [0.25, 0.3) is 0 Å². The molecule has 28 heavy (non-hydrogen) atoms. The highest BCUT2D eigenvalue weighted by Gasteiger charge is 2.22. The van der Waals surface area contributed by atoms with E-state index in [1.54, 1.807) is 19.1 Å². The van der Waals surface area contributed by atoms with Gasteiger partial charge in [-0.15, -0.1) is 10.2 Å². The topological polar surface area (TPSA) is 102 Å². The van der Waals surface area contributed by atoms with Crippen molar-refractivity contribution in [1.29, 1.82) is 0 Å². The number of benzene rings is 1. The molecule has 0 bridgehead atoms. The monoisotopic (exact) mass is 406 g/mol. The molecule has 0 spiro atoms. The second-order valence-corrected chi connectivity index (χ2v) is 6.35. The van der Waals surface area contributed by atoms with Crippen LogP contribution in [0.4, 0.5) is 11.4 Å². The third kappa shape index (κ3) is 4.89. The fourth-order valence-corrected chi connectivity index (χ4v) is 2.67. The summed E-state index contributed by atoms with van der Waals surface area (Å²) in [5, 5.41) is 13.2. The second kappa shape index (κ2) is 9.89. The zero-order valence-electron chi connectivity index (χ0n) is 16.3. The summed E-state index contributed by atoms with van der Waals surface area (Å²) >= 11 is 5.93. The summed E-state index contributed by atoms with van der Waals surface area (Å²) < 4.78 is 10.8. The Balaban J connectivity index is 2.45. The van der Waals surface area contributed by atoms with Gasteiger partial charge in [0.15, 0.2) is 16.6 Å². The molecule has 0 saturated carbocycles. The third-order valence-electron chi connectivity index (χ3n) is 3.98. The van der Waals surface area contributed by atoms with E-state index in [0.717, 1.165) is 12.8 Å². The molecule has 1 aromatic carbocycles. The van der Waals surface area contributed by atoms with E-state index >= 15 is 0 Å². The summed E-state index contributed by atoms with van der Waals surface area (Å²) in [5.41, 5.74) is 1.87. The van der Waals surface area contributed by atoms with Crippen LogP contribution in [0.1, 0.15) is 46.2 Å². The van der Waals surface area contributed by atoms with Crippen LogP contribution in [0.3, 0.4) is 0 Å². The van der Waals surface area contributed by atoms with Crippen molar-refractivity contribution in [3.63, 3.8) is 0 Å². The average Bonchev–Trinajstić information content (AvgIpc) is 2.68. The summed E-state index contributed by atoms with van der Waals surface area (Å²) in [6, 6.07) is 4.97. The predicted molar refractivity (Wildman–Crippen MR) is 107 cm³/mol. The summed E-state index contributed by atoms with van der Waals surface area (Å²) in [4.78, 5) is 24.6. The van der Waals surface area contributed by atoms with Crippen LogP contribution < -0.4 is 15.4 Å². The van der Waals surface area contributed by atoms with Crippen molar-refractivity contribution < 1.29 is 19.1 Å². The van der Waals surface area contributed by atoms with E-state index < -0.39 is 11.9 Å². The lowest BCUT2D eigenvalue weighted by molar-refractivity contribution is 0.0495. The number of methoxy groups -OCH3 is 1. The van der Waals surface area contributed by atoms with Crippen molar-refractivity contribution in [3.05, 3.63) is 40.2 Å². The SMILES string of the molecule is CCCCOC(=O)c1c(C)ccc(Nc2cc(Cl)nnc2C(=O)NC)c1OC. The van der Waals surface area contributed by atoms with Crippen LogP contribution >= 0.6 is 11.6 Å². The van der Waals surface area contributed by atoms with Gasteiger partial charge in [0.1, 0.15) is 5.56 Å². The molecule has 2 rings (SSSR count). The molecule has 8 nitrogen and oxygen atoms in total. The lowest BCUT2D eigenvalue weighted by Gasteiger charge is -2.17. The van der Waals surface area contributed by atoms with Crippen LogP contribution in [0.5, 0.6) is 5.75 Å². The van der Waals surface area contributed by atoms with Gasteiger partial charge in [0.05, 0.1) is 25.1 Å². The van der Waals surface area contributed by atoms with Crippen molar-refractivity contribution in [1.82, 2.24) is 15.5 Å². The maximum absolute atomic E-state index is 12.6. The Morgan fingerprint density at radius 1 is 1.21 bits per heavy atom. The fraction of sp³-hybridized carbons (Fsp3) is 0.368. The fourth-order valence-electron chi connectivity index (χ4n) is 2.52. The minimum absolute atomic E-state index is 0.0570. The molecule has 0 radical (unpaired) electrons. The first kappa shape index (κ1) is 21.4. The Kier molecular flexibility index (Phi) is 7.57. The van der Waals surface area contributed by atoms with Crippen molar-refractivity contribution in [2.24, 2.45) is 0 Å². The van der Waals surface area contributed by atoms with E-state index in [1.165, 1.54) is 20.2 Å². The maximum Gasteiger partial charge on any atom is 0.342 e. The highest BCUT2D eigenvalue weighted by atomic mass is 35.5. The molecular weight excluding hydrogens is 384 g/mol. The number of aryl methyl sites for hydroxylation is 1. The number of nitrogens with one attached hydrogen (secondary N) is 2. The van der Waals surface area contributed by atoms with Crippen LogP contribution in [-0.2, 0) is 4.74 Å². The Labute approximate surface area is 168 Å². The van der Waals surface area contributed by atoms with Gasteiger partial charge in [-0.05, 0) is 25.0 Å². The summed E-state index contributed by atoms with van der Waals surface area (Å²) in [6.07, 6.45) is 1.70. The van der Waals surface area contributed by atoms with E-state index in [9.17, 15) is 9.59 Å². The number of unbranched alkanes of at least 4 members (excludes halogenated alkanes) is 1. The van der Waals surface area contributed by atoms with E-state index in [-0.39, 0.29) is 10.8 Å². The first-order valence-electron chi connectivity index (χ1n) is 8.79. The van der Waals surface area contributed by atoms with Gasteiger partial charge in [0, 0.05) is 13.1 Å². The van der Waals surface area contributed by atoms with E-state index in [1.807, 2.05) is 6.92 Å². The number of amides is 1. The Morgan fingerprint density at radius 3 is 2.61 bits per heavy atom. The van der Waals surface area contributed by atoms with Crippen LogP contribution in [-0.4, -0.2) is 42.8 Å². The van der Waals surface area contributed by atoms with E-state index in [0.29, 0.717) is 34.9 Å². The van der Waals surface area contributed by atoms with Crippen LogP contribution in [0.2, 0.25) is 5.15 Å². The van der Waals surface area contributed by atoms with Crippen molar-refractivity contribution in [2.45, 2.75) is 26.7 Å². The molecule has 0 aliphatic rings. The van der Waals surface area contributed by atoms with Gasteiger partial charge in [0.2, 0.25) is 0 Å². The molecule has 150 valence electrons. The Bertz CT molecular complexity index is 873. The smallest absolute Gasteiger partial charge is 0.342 e. The summed E-state index contributed by atoms with van der Waals surface area (Å²) in [5.74, 6) is -0.599. The summed E-state index contributed by atoms with van der Waals surface area (Å²) in [7, 11) is 2.94. The number of halogens is 1. The first-order chi connectivity index (χ1) is 13.4. The molecule has 0 atom stereocenters. The van der Waals surface area contributed by atoms with Crippen LogP contribution in [0.15, 0.2) is 18.2 Å². The normalized spacial score (nSPS) is 10.3. The first-order valence-corrected chi connectivity index (χ1v) is 9.17. The molecule has 0 unspecified atom stereocenters. The van der Waals surface area contributed by atoms with Crippen LogP contribution in [0, 0.1) is 6.92 Å². The van der Waals surface area contributed by atoms with Crippen molar-refractivity contribution in [3.8, 4) is 5.75 Å². The minimum atomic E-state index is -0.469. The zero-order valence-corrected chi connectivity index (χ0v) is 17.0. The lowest BCUT2D eigenvalue weighted by atomic mass is 10.1. The van der Waals surface area contributed by atoms with Gasteiger partial charge in [-0.3, -0.25) is 4.79 Å². The molecule has 2 aromatic rings. The van der Waals surface area contributed by atoms with Crippen molar-refractivity contribution >= 4 is 34.9 Å². The van der Waals surface area contributed by atoms with Gasteiger partial charge in [-0.2, -0.15) is 0 Å².